The number of hydrogen-bond donors (Lipinski definition) is 3. The molecule has 4 N–H and O–H groups in total. The topological polar surface area (TPSA) is 127 Å². The van der Waals surface area contributed by atoms with Crippen molar-refractivity contribution in [1.82, 2.24) is 15.3 Å². The molecule has 0 unspecified atom stereocenters. The largest absolute Gasteiger partial charge is 0.352 e. The van der Waals surface area contributed by atoms with Crippen LogP contribution in [0.2, 0.25) is 0 Å². The first-order valence-electron chi connectivity index (χ1n) is 6.80. The Morgan fingerprint density at radius 2 is 1.91 bits per heavy atom. The van der Waals surface area contributed by atoms with Crippen LogP contribution in [0.3, 0.4) is 0 Å². The molecule has 0 fully saturated rings. The number of carbonyl (C=O) groups is 1. The third-order valence-electron chi connectivity index (χ3n) is 3.04. The van der Waals surface area contributed by atoms with Gasteiger partial charge in [0, 0.05) is 31.0 Å². The van der Waals surface area contributed by atoms with Gasteiger partial charge in [-0.2, -0.15) is 0 Å². The van der Waals surface area contributed by atoms with Crippen LogP contribution < -0.4 is 15.8 Å². The number of sulfonamides is 1. The van der Waals surface area contributed by atoms with E-state index >= 15 is 0 Å². The van der Waals surface area contributed by atoms with Crippen LogP contribution in [0.25, 0.3) is 0 Å². The minimum Gasteiger partial charge on any atom is -0.352 e. The number of nitrogens with two attached hydrogens (primary N) is 1. The monoisotopic (exact) mass is 335 g/mol. The van der Waals surface area contributed by atoms with E-state index in [0.717, 1.165) is 0 Å². The second kappa shape index (κ2) is 7.16. The van der Waals surface area contributed by atoms with Gasteiger partial charge in [-0.05, 0) is 30.7 Å². The molecule has 0 saturated heterocycles. The first kappa shape index (κ1) is 16.8. The molecule has 2 rings (SSSR count). The van der Waals surface area contributed by atoms with Gasteiger partial charge in [-0.25, -0.2) is 23.5 Å². The van der Waals surface area contributed by atoms with Crippen LogP contribution in [0, 0.1) is 6.92 Å². The number of anilines is 1. The van der Waals surface area contributed by atoms with Gasteiger partial charge in [-0.1, -0.05) is 6.07 Å². The highest BCUT2D eigenvalue weighted by molar-refractivity contribution is 7.89. The van der Waals surface area contributed by atoms with Crippen LogP contribution in [0.4, 0.5) is 5.95 Å². The molecule has 1 aromatic carbocycles. The first-order chi connectivity index (χ1) is 10.9. The minimum absolute atomic E-state index is 0.0935. The van der Waals surface area contributed by atoms with Crippen molar-refractivity contribution in [3.8, 4) is 0 Å². The second-order valence-electron chi connectivity index (χ2n) is 4.78. The summed E-state index contributed by atoms with van der Waals surface area (Å²) >= 11 is 0. The van der Waals surface area contributed by atoms with Crippen molar-refractivity contribution < 1.29 is 13.2 Å². The zero-order valence-electron chi connectivity index (χ0n) is 12.5. The summed E-state index contributed by atoms with van der Waals surface area (Å²) in [7, 11) is -3.85. The van der Waals surface area contributed by atoms with Crippen molar-refractivity contribution >= 4 is 21.9 Å². The van der Waals surface area contributed by atoms with Gasteiger partial charge in [0.2, 0.25) is 16.0 Å². The van der Waals surface area contributed by atoms with Crippen molar-refractivity contribution in [2.24, 2.45) is 5.14 Å². The molecule has 0 aliphatic rings. The van der Waals surface area contributed by atoms with Gasteiger partial charge in [0.15, 0.2) is 0 Å². The van der Waals surface area contributed by atoms with Gasteiger partial charge in [0.1, 0.15) is 0 Å². The lowest BCUT2D eigenvalue weighted by Crippen LogP contribution is -2.29. The molecule has 1 aromatic heterocycles. The highest BCUT2D eigenvalue weighted by atomic mass is 32.2. The lowest BCUT2D eigenvalue weighted by Gasteiger charge is -2.09. The number of nitrogens with one attached hydrogen (secondary N) is 2. The fourth-order valence-corrected chi connectivity index (χ4v) is 2.40. The fraction of sp³-hybridized carbons (Fsp3) is 0.214. The molecule has 0 saturated carbocycles. The number of carbonyl (C=O) groups excluding carboxylic acids is 1. The van der Waals surface area contributed by atoms with Crippen LogP contribution in [0.5, 0.6) is 0 Å². The third-order valence-corrected chi connectivity index (χ3v) is 3.95. The predicted octanol–water partition coefficient (Wildman–Crippen LogP) is 0.274. The van der Waals surface area contributed by atoms with E-state index in [4.69, 9.17) is 5.14 Å². The van der Waals surface area contributed by atoms with Gasteiger partial charge in [0.05, 0.1) is 4.90 Å². The summed E-state index contributed by atoms with van der Waals surface area (Å²) in [4.78, 5) is 20.0. The van der Waals surface area contributed by atoms with Crippen LogP contribution in [0.1, 0.15) is 15.9 Å². The average Bonchev–Trinajstić information content (AvgIpc) is 2.51. The quantitative estimate of drug-likeness (QED) is 0.651. The van der Waals surface area contributed by atoms with E-state index in [2.05, 4.69) is 20.6 Å². The molecule has 122 valence electrons. The lowest BCUT2D eigenvalue weighted by molar-refractivity contribution is 0.0954. The standard InChI is InChI=1S/C14H17N5O3S/c1-10-3-4-11(23(15,21)22)9-12(10)13(20)16-7-8-19-14-17-5-2-6-18-14/h2-6,9H,7-8H2,1H3,(H,16,20)(H2,15,21,22)(H,17,18,19). The van der Waals surface area contributed by atoms with Crippen LogP contribution >= 0.6 is 0 Å². The highest BCUT2D eigenvalue weighted by Crippen LogP contribution is 2.14. The van der Waals surface area contributed by atoms with Gasteiger partial charge in [-0.3, -0.25) is 4.79 Å². The molecule has 1 amide bonds. The number of aromatic nitrogens is 2. The molecular weight excluding hydrogens is 318 g/mol. The number of hydrogen-bond acceptors (Lipinski definition) is 6. The van der Waals surface area contributed by atoms with Gasteiger partial charge in [-0.15, -0.1) is 0 Å². The van der Waals surface area contributed by atoms with E-state index in [1.807, 2.05) is 0 Å². The van der Waals surface area contributed by atoms with E-state index in [-0.39, 0.29) is 16.4 Å². The number of benzene rings is 1. The Morgan fingerprint density at radius 3 is 2.57 bits per heavy atom. The summed E-state index contributed by atoms with van der Waals surface area (Å²) in [6.45, 7) is 2.48. The number of rotatable bonds is 6. The summed E-state index contributed by atoms with van der Waals surface area (Å²) < 4.78 is 22.7. The Labute approximate surface area is 134 Å². The molecule has 0 bridgehead atoms. The average molecular weight is 335 g/mol. The smallest absolute Gasteiger partial charge is 0.251 e. The molecule has 9 heteroatoms. The normalized spacial score (nSPS) is 11.0. The Bertz CT molecular complexity index is 793. The van der Waals surface area contributed by atoms with Gasteiger partial charge in [0.25, 0.3) is 5.91 Å². The zero-order chi connectivity index (χ0) is 16.9. The Kier molecular flexibility index (Phi) is 5.24. The molecule has 0 aliphatic carbocycles. The maximum atomic E-state index is 12.2. The molecule has 1 heterocycles. The van der Waals surface area contributed by atoms with Crippen molar-refractivity contribution in [3.05, 3.63) is 47.8 Å². The summed E-state index contributed by atoms with van der Waals surface area (Å²) in [6, 6.07) is 5.89. The molecule has 0 atom stereocenters. The Morgan fingerprint density at radius 1 is 1.22 bits per heavy atom. The summed E-state index contributed by atoms with van der Waals surface area (Å²) in [6.07, 6.45) is 3.21. The molecule has 0 aliphatic heterocycles. The van der Waals surface area contributed by atoms with E-state index < -0.39 is 10.0 Å². The molecule has 8 nitrogen and oxygen atoms in total. The van der Waals surface area contributed by atoms with E-state index in [1.165, 1.54) is 12.1 Å². The van der Waals surface area contributed by atoms with E-state index in [0.29, 0.717) is 24.6 Å². The maximum absolute atomic E-state index is 12.2. The maximum Gasteiger partial charge on any atom is 0.251 e. The fourth-order valence-electron chi connectivity index (χ4n) is 1.86. The van der Waals surface area contributed by atoms with Crippen molar-refractivity contribution in [1.29, 1.82) is 0 Å². The molecule has 2 aromatic rings. The minimum atomic E-state index is -3.85. The van der Waals surface area contributed by atoms with Crippen molar-refractivity contribution in [3.63, 3.8) is 0 Å². The van der Waals surface area contributed by atoms with Gasteiger partial charge >= 0.3 is 0 Å². The molecule has 0 radical (unpaired) electrons. The summed E-state index contributed by atoms with van der Waals surface area (Å²) in [5.41, 5.74) is 0.932. The highest BCUT2D eigenvalue weighted by Gasteiger charge is 2.14. The van der Waals surface area contributed by atoms with Crippen LogP contribution in [0.15, 0.2) is 41.6 Å². The van der Waals surface area contributed by atoms with Crippen molar-refractivity contribution in [2.45, 2.75) is 11.8 Å². The van der Waals surface area contributed by atoms with Gasteiger partial charge < -0.3 is 10.6 Å². The zero-order valence-corrected chi connectivity index (χ0v) is 13.3. The predicted molar refractivity (Wildman–Crippen MR) is 85.4 cm³/mol. The summed E-state index contributed by atoms with van der Waals surface area (Å²) in [5, 5.41) is 10.7. The van der Waals surface area contributed by atoms with Crippen LogP contribution in [-0.4, -0.2) is 37.4 Å². The van der Waals surface area contributed by atoms with Crippen LogP contribution in [-0.2, 0) is 10.0 Å². The van der Waals surface area contributed by atoms with E-state index in [1.54, 1.807) is 31.5 Å². The molecular formula is C14H17N5O3S. The van der Waals surface area contributed by atoms with E-state index in [9.17, 15) is 13.2 Å². The van der Waals surface area contributed by atoms with Crippen molar-refractivity contribution in [2.75, 3.05) is 18.4 Å². The second-order valence-corrected chi connectivity index (χ2v) is 6.34. The third kappa shape index (κ3) is 4.73. The summed E-state index contributed by atoms with van der Waals surface area (Å²) in [5.74, 6) is 0.0953. The number of aryl methyl sites for hydroxylation is 1. The first-order valence-corrected chi connectivity index (χ1v) is 8.35. The SMILES string of the molecule is Cc1ccc(S(N)(=O)=O)cc1C(=O)NCCNc1ncccn1. The lowest BCUT2D eigenvalue weighted by atomic mass is 10.1. The number of amides is 1. The molecule has 0 spiro atoms. The number of primary sulfonamides is 1. The number of nitrogens with zero attached hydrogens (tertiary/aromatic N) is 2. The Hall–Kier alpha value is -2.52. The molecule has 23 heavy (non-hydrogen) atoms. The Balaban J connectivity index is 1.95.